The van der Waals surface area contributed by atoms with E-state index in [2.05, 4.69) is 23.7 Å². The van der Waals surface area contributed by atoms with E-state index in [9.17, 15) is 5.11 Å². The standard InChI is InChI=1S/C12H15NO/c1-3-5-8-11(14)12-10(4-2)7-6-9-13-12/h6-7,9,11,14H,4,8H2,1-2H3. The summed E-state index contributed by atoms with van der Waals surface area (Å²) in [6.45, 7) is 3.82. The van der Waals surface area contributed by atoms with Gasteiger partial charge in [-0.2, -0.15) is 0 Å². The van der Waals surface area contributed by atoms with Crippen molar-refractivity contribution in [2.24, 2.45) is 0 Å². The van der Waals surface area contributed by atoms with Crippen LogP contribution in [0.2, 0.25) is 0 Å². The number of aromatic nitrogens is 1. The predicted molar refractivity (Wildman–Crippen MR) is 56.6 cm³/mol. The predicted octanol–water partition coefficient (Wildman–Crippen LogP) is 2.09. The Hall–Kier alpha value is -1.33. The highest BCUT2D eigenvalue weighted by atomic mass is 16.3. The first kappa shape index (κ1) is 10.7. The summed E-state index contributed by atoms with van der Waals surface area (Å²) >= 11 is 0. The van der Waals surface area contributed by atoms with Crippen molar-refractivity contribution in [1.82, 2.24) is 4.98 Å². The molecule has 0 aliphatic rings. The van der Waals surface area contributed by atoms with Gasteiger partial charge in [-0.05, 0) is 25.0 Å². The second kappa shape index (κ2) is 5.41. The third-order valence-electron chi connectivity index (χ3n) is 2.09. The molecule has 0 fully saturated rings. The van der Waals surface area contributed by atoms with Crippen LogP contribution in [0.4, 0.5) is 0 Å². The number of aliphatic hydroxyl groups excluding tert-OH is 1. The Morgan fingerprint density at radius 3 is 3.00 bits per heavy atom. The maximum atomic E-state index is 9.80. The van der Waals surface area contributed by atoms with Crippen molar-refractivity contribution >= 4 is 0 Å². The molecule has 74 valence electrons. The SMILES string of the molecule is CC#CCC(O)c1ncccc1CC. The fourth-order valence-corrected chi connectivity index (χ4v) is 1.35. The fourth-order valence-electron chi connectivity index (χ4n) is 1.35. The van der Waals surface area contributed by atoms with Crippen LogP contribution in [0.1, 0.15) is 37.6 Å². The monoisotopic (exact) mass is 189 g/mol. The van der Waals surface area contributed by atoms with E-state index in [0.717, 1.165) is 17.7 Å². The normalized spacial score (nSPS) is 11.6. The van der Waals surface area contributed by atoms with Gasteiger partial charge in [-0.25, -0.2) is 0 Å². The first-order valence-electron chi connectivity index (χ1n) is 4.81. The molecule has 0 bridgehead atoms. The molecule has 1 rings (SSSR count). The van der Waals surface area contributed by atoms with Gasteiger partial charge in [-0.15, -0.1) is 11.8 Å². The lowest BCUT2D eigenvalue weighted by molar-refractivity contribution is 0.178. The van der Waals surface area contributed by atoms with Gasteiger partial charge in [0, 0.05) is 12.6 Å². The summed E-state index contributed by atoms with van der Waals surface area (Å²) in [5, 5.41) is 9.80. The van der Waals surface area contributed by atoms with Crippen LogP contribution in [0.5, 0.6) is 0 Å². The molecule has 0 saturated heterocycles. The van der Waals surface area contributed by atoms with Crippen molar-refractivity contribution < 1.29 is 5.11 Å². The van der Waals surface area contributed by atoms with E-state index < -0.39 is 6.10 Å². The lowest BCUT2D eigenvalue weighted by atomic mass is 10.1. The van der Waals surface area contributed by atoms with E-state index in [4.69, 9.17) is 0 Å². The van der Waals surface area contributed by atoms with E-state index in [1.165, 1.54) is 0 Å². The zero-order valence-electron chi connectivity index (χ0n) is 8.62. The van der Waals surface area contributed by atoms with Crippen molar-refractivity contribution in [2.45, 2.75) is 32.8 Å². The van der Waals surface area contributed by atoms with Gasteiger partial charge in [0.1, 0.15) is 6.10 Å². The topological polar surface area (TPSA) is 33.1 Å². The van der Waals surface area contributed by atoms with E-state index in [-0.39, 0.29) is 0 Å². The molecule has 1 atom stereocenters. The molecule has 0 amide bonds. The third kappa shape index (κ3) is 2.58. The number of aryl methyl sites for hydroxylation is 1. The van der Waals surface area contributed by atoms with Crippen LogP contribution in [0.3, 0.4) is 0 Å². The van der Waals surface area contributed by atoms with E-state index >= 15 is 0 Å². The Bertz CT molecular complexity index is 349. The van der Waals surface area contributed by atoms with E-state index in [1.807, 2.05) is 12.1 Å². The van der Waals surface area contributed by atoms with Crippen molar-refractivity contribution in [1.29, 1.82) is 0 Å². The quantitative estimate of drug-likeness (QED) is 0.738. The number of rotatable bonds is 3. The molecule has 1 aromatic heterocycles. The fraction of sp³-hybridized carbons (Fsp3) is 0.417. The van der Waals surface area contributed by atoms with Gasteiger partial charge in [-0.1, -0.05) is 13.0 Å². The molecule has 0 aromatic carbocycles. The summed E-state index contributed by atoms with van der Waals surface area (Å²) < 4.78 is 0. The first-order chi connectivity index (χ1) is 6.79. The average molecular weight is 189 g/mol. The maximum absolute atomic E-state index is 9.80. The average Bonchev–Trinajstić information content (AvgIpc) is 2.25. The van der Waals surface area contributed by atoms with Gasteiger partial charge in [0.2, 0.25) is 0 Å². The summed E-state index contributed by atoms with van der Waals surface area (Å²) in [5.41, 5.74) is 1.86. The summed E-state index contributed by atoms with van der Waals surface area (Å²) in [5.74, 6) is 5.63. The summed E-state index contributed by atoms with van der Waals surface area (Å²) in [4.78, 5) is 4.18. The number of pyridine rings is 1. The Morgan fingerprint density at radius 1 is 1.57 bits per heavy atom. The largest absolute Gasteiger partial charge is 0.386 e. The van der Waals surface area contributed by atoms with Gasteiger partial charge < -0.3 is 5.11 Å². The molecule has 0 radical (unpaired) electrons. The molecule has 14 heavy (non-hydrogen) atoms. The molecule has 1 aromatic rings. The van der Waals surface area contributed by atoms with Crippen LogP contribution in [0.15, 0.2) is 18.3 Å². The van der Waals surface area contributed by atoms with Crippen molar-refractivity contribution in [3.8, 4) is 11.8 Å². The van der Waals surface area contributed by atoms with Crippen LogP contribution in [0.25, 0.3) is 0 Å². The Kier molecular flexibility index (Phi) is 4.15. The van der Waals surface area contributed by atoms with E-state index in [0.29, 0.717) is 6.42 Å². The van der Waals surface area contributed by atoms with Gasteiger partial charge in [0.05, 0.1) is 5.69 Å². The molecule has 1 unspecified atom stereocenters. The summed E-state index contributed by atoms with van der Waals surface area (Å²) in [6, 6.07) is 3.88. The van der Waals surface area contributed by atoms with Crippen LogP contribution in [-0.2, 0) is 6.42 Å². The highest BCUT2D eigenvalue weighted by Crippen LogP contribution is 2.18. The molecule has 0 aliphatic carbocycles. The Morgan fingerprint density at radius 2 is 2.36 bits per heavy atom. The molecule has 0 saturated carbocycles. The smallest absolute Gasteiger partial charge is 0.107 e. The highest BCUT2D eigenvalue weighted by Gasteiger charge is 2.10. The number of hydrogen-bond donors (Lipinski definition) is 1. The first-order valence-corrected chi connectivity index (χ1v) is 4.81. The van der Waals surface area contributed by atoms with Gasteiger partial charge in [-0.3, -0.25) is 4.98 Å². The summed E-state index contributed by atoms with van der Waals surface area (Å²) in [6.07, 6.45) is 2.50. The minimum Gasteiger partial charge on any atom is -0.386 e. The molecule has 0 spiro atoms. The number of aliphatic hydroxyl groups is 1. The second-order valence-corrected chi connectivity index (χ2v) is 3.05. The second-order valence-electron chi connectivity index (χ2n) is 3.05. The molecule has 1 N–H and O–H groups in total. The van der Waals surface area contributed by atoms with E-state index in [1.54, 1.807) is 13.1 Å². The zero-order valence-corrected chi connectivity index (χ0v) is 8.62. The molecule has 0 aliphatic heterocycles. The minimum atomic E-state index is -0.557. The van der Waals surface area contributed by atoms with Crippen molar-refractivity contribution in [3.05, 3.63) is 29.6 Å². The van der Waals surface area contributed by atoms with Gasteiger partial charge in [0.15, 0.2) is 0 Å². The Balaban J connectivity index is 2.85. The van der Waals surface area contributed by atoms with Crippen LogP contribution < -0.4 is 0 Å². The molecular weight excluding hydrogens is 174 g/mol. The van der Waals surface area contributed by atoms with Crippen LogP contribution in [-0.4, -0.2) is 10.1 Å². The van der Waals surface area contributed by atoms with Crippen LogP contribution >= 0.6 is 0 Å². The lowest BCUT2D eigenvalue weighted by Gasteiger charge is -2.10. The van der Waals surface area contributed by atoms with Crippen molar-refractivity contribution in [3.63, 3.8) is 0 Å². The third-order valence-corrected chi connectivity index (χ3v) is 2.09. The number of nitrogens with zero attached hydrogens (tertiary/aromatic N) is 1. The molecular formula is C12H15NO. The highest BCUT2D eigenvalue weighted by molar-refractivity contribution is 5.22. The summed E-state index contributed by atoms with van der Waals surface area (Å²) in [7, 11) is 0. The van der Waals surface area contributed by atoms with Gasteiger partial charge >= 0.3 is 0 Å². The maximum Gasteiger partial charge on any atom is 0.107 e. The number of hydrogen-bond acceptors (Lipinski definition) is 2. The van der Waals surface area contributed by atoms with Crippen LogP contribution in [0, 0.1) is 11.8 Å². The molecule has 2 heteroatoms. The zero-order chi connectivity index (χ0) is 10.4. The van der Waals surface area contributed by atoms with Gasteiger partial charge in [0.25, 0.3) is 0 Å². The Labute approximate surface area is 85.0 Å². The van der Waals surface area contributed by atoms with Crippen molar-refractivity contribution in [2.75, 3.05) is 0 Å². The molecule has 1 heterocycles. The molecule has 2 nitrogen and oxygen atoms in total. The minimum absolute atomic E-state index is 0.459. The lowest BCUT2D eigenvalue weighted by Crippen LogP contribution is -2.03.